The summed E-state index contributed by atoms with van der Waals surface area (Å²) in [6.45, 7) is 3.24. The molecule has 3 aromatic heterocycles. The number of para-hydroxylation sites is 1. The number of fused-ring (bicyclic) bond motifs is 1. The normalized spacial score (nSPS) is 14.3. The van der Waals surface area contributed by atoms with E-state index in [1.54, 1.807) is 12.4 Å². The van der Waals surface area contributed by atoms with Crippen LogP contribution in [0, 0.1) is 0 Å². The van der Waals surface area contributed by atoms with E-state index in [2.05, 4.69) is 26.1 Å². The Morgan fingerprint density at radius 3 is 2.53 bits per heavy atom. The Kier molecular flexibility index (Phi) is 4.85. The first-order valence-corrected chi connectivity index (χ1v) is 10.1. The molecule has 1 aromatic carbocycles. The number of piperazine rings is 1. The van der Waals surface area contributed by atoms with E-state index in [1.165, 1.54) is 0 Å². The molecule has 0 saturated carbocycles. The summed E-state index contributed by atoms with van der Waals surface area (Å²) in [6, 6.07) is 18.0. The zero-order valence-corrected chi connectivity index (χ0v) is 16.6. The number of benzene rings is 1. The lowest BCUT2D eigenvalue weighted by atomic mass is 10.2. The van der Waals surface area contributed by atoms with E-state index < -0.39 is 0 Å². The molecule has 7 nitrogen and oxygen atoms in total. The largest absolute Gasteiger partial charge is 0.352 e. The number of rotatable bonds is 4. The van der Waals surface area contributed by atoms with Crippen molar-refractivity contribution in [1.82, 2.24) is 24.6 Å². The van der Waals surface area contributed by atoms with Crippen molar-refractivity contribution in [2.45, 2.75) is 6.54 Å². The molecule has 1 amide bonds. The SMILES string of the molecule is O=C(Cn1ccc2ccccc21)N1CCN(c2ccc(-c3cccnc3)nn2)CC1. The quantitative estimate of drug-likeness (QED) is 0.529. The Labute approximate surface area is 174 Å². The van der Waals surface area contributed by atoms with Crippen LogP contribution in [0.25, 0.3) is 22.2 Å². The van der Waals surface area contributed by atoms with Gasteiger partial charge in [-0.1, -0.05) is 18.2 Å². The van der Waals surface area contributed by atoms with Gasteiger partial charge in [-0.05, 0) is 41.8 Å². The minimum absolute atomic E-state index is 0.147. The molecule has 7 heteroatoms. The molecule has 30 heavy (non-hydrogen) atoms. The molecule has 1 aliphatic rings. The summed E-state index contributed by atoms with van der Waals surface area (Å²) in [7, 11) is 0. The van der Waals surface area contributed by atoms with E-state index in [0.717, 1.165) is 41.1 Å². The van der Waals surface area contributed by atoms with Crippen LogP contribution in [0.5, 0.6) is 0 Å². The Morgan fingerprint density at radius 2 is 1.77 bits per heavy atom. The first-order valence-electron chi connectivity index (χ1n) is 10.1. The summed E-state index contributed by atoms with van der Waals surface area (Å²) in [4.78, 5) is 21.0. The van der Waals surface area contributed by atoms with Gasteiger partial charge in [0.05, 0.1) is 5.69 Å². The lowest BCUT2D eigenvalue weighted by Gasteiger charge is -2.35. The van der Waals surface area contributed by atoms with Crippen molar-refractivity contribution in [1.29, 1.82) is 0 Å². The van der Waals surface area contributed by atoms with Crippen molar-refractivity contribution in [2.24, 2.45) is 0 Å². The molecule has 0 spiro atoms. The zero-order chi connectivity index (χ0) is 20.3. The summed E-state index contributed by atoms with van der Waals surface area (Å²) in [5, 5.41) is 9.88. The van der Waals surface area contributed by atoms with E-state index in [9.17, 15) is 4.79 Å². The molecule has 0 bridgehead atoms. The number of hydrogen-bond donors (Lipinski definition) is 0. The molecule has 0 aliphatic carbocycles. The van der Waals surface area contributed by atoms with Crippen molar-refractivity contribution in [2.75, 3.05) is 31.1 Å². The Morgan fingerprint density at radius 1 is 0.900 bits per heavy atom. The van der Waals surface area contributed by atoms with Crippen LogP contribution in [0.1, 0.15) is 0 Å². The first kappa shape index (κ1) is 18.3. The van der Waals surface area contributed by atoms with Gasteiger partial charge in [0.15, 0.2) is 5.82 Å². The van der Waals surface area contributed by atoms with Crippen molar-refractivity contribution in [3.63, 3.8) is 0 Å². The third-order valence-electron chi connectivity index (χ3n) is 5.55. The summed E-state index contributed by atoms with van der Waals surface area (Å²) in [5.74, 6) is 0.986. The predicted octanol–water partition coefficient (Wildman–Crippen LogP) is 2.84. The van der Waals surface area contributed by atoms with E-state index >= 15 is 0 Å². The van der Waals surface area contributed by atoms with Crippen LogP contribution in [0.2, 0.25) is 0 Å². The highest BCUT2D eigenvalue weighted by Gasteiger charge is 2.22. The number of nitrogens with zero attached hydrogens (tertiary/aromatic N) is 6. The summed E-state index contributed by atoms with van der Waals surface area (Å²) in [5.41, 5.74) is 2.84. The molecule has 0 atom stereocenters. The number of hydrogen-bond acceptors (Lipinski definition) is 5. The van der Waals surface area contributed by atoms with Gasteiger partial charge in [-0.15, -0.1) is 10.2 Å². The minimum atomic E-state index is 0.147. The molecule has 4 heterocycles. The van der Waals surface area contributed by atoms with Gasteiger partial charge in [0.2, 0.25) is 5.91 Å². The molecule has 1 saturated heterocycles. The highest BCUT2D eigenvalue weighted by molar-refractivity contribution is 5.83. The molecule has 1 aliphatic heterocycles. The minimum Gasteiger partial charge on any atom is -0.352 e. The van der Waals surface area contributed by atoms with Crippen LogP contribution in [-0.4, -0.2) is 56.7 Å². The summed E-state index contributed by atoms with van der Waals surface area (Å²) < 4.78 is 2.02. The topological polar surface area (TPSA) is 67.2 Å². The van der Waals surface area contributed by atoms with Crippen molar-refractivity contribution in [3.05, 3.63) is 73.2 Å². The van der Waals surface area contributed by atoms with Crippen molar-refractivity contribution < 1.29 is 4.79 Å². The fraction of sp³-hybridized carbons (Fsp3) is 0.217. The number of aromatic nitrogens is 4. The van der Waals surface area contributed by atoms with E-state index in [-0.39, 0.29) is 5.91 Å². The Hall–Kier alpha value is -3.74. The second-order valence-corrected chi connectivity index (χ2v) is 7.39. The van der Waals surface area contributed by atoms with Gasteiger partial charge < -0.3 is 14.4 Å². The van der Waals surface area contributed by atoms with Gasteiger partial charge in [0.25, 0.3) is 0 Å². The van der Waals surface area contributed by atoms with Gasteiger partial charge in [-0.3, -0.25) is 9.78 Å². The van der Waals surface area contributed by atoms with Crippen molar-refractivity contribution in [3.8, 4) is 11.3 Å². The van der Waals surface area contributed by atoms with Crippen LogP contribution in [-0.2, 0) is 11.3 Å². The fourth-order valence-corrected chi connectivity index (χ4v) is 3.87. The average Bonchev–Trinajstić information content (AvgIpc) is 3.23. The summed E-state index contributed by atoms with van der Waals surface area (Å²) in [6.07, 6.45) is 5.51. The van der Waals surface area contributed by atoms with Crippen LogP contribution in [0.4, 0.5) is 5.82 Å². The molecule has 0 N–H and O–H groups in total. The molecular weight excluding hydrogens is 376 g/mol. The number of amides is 1. The lowest BCUT2D eigenvalue weighted by molar-refractivity contribution is -0.132. The number of pyridine rings is 1. The first-order chi connectivity index (χ1) is 14.8. The number of anilines is 1. The molecular formula is C23H22N6O. The smallest absolute Gasteiger partial charge is 0.242 e. The third kappa shape index (κ3) is 3.61. The van der Waals surface area contributed by atoms with Crippen LogP contribution in [0.3, 0.4) is 0 Å². The lowest BCUT2D eigenvalue weighted by Crippen LogP contribution is -2.49. The van der Waals surface area contributed by atoms with Crippen LogP contribution >= 0.6 is 0 Å². The Balaban J connectivity index is 1.20. The number of carbonyl (C=O) groups excluding carboxylic acids is 1. The van der Waals surface area contributed by atoms with Crippen LogP contribution < -0.4 is 4.90 Å². The standard InChI is InChI=1S/C23H22N6O/c30-23(17-29-11-9-18-4-1-2-6-21(18)29)28-14-12-27(13-15-28)22-8-7-20(25-26-22)19-5-3-10-24-16-19/h1-11,16H,12-15,17H2. The highest BCUT2D eigenvalue weighted by Crippen LogP contribution is 2.19. The van der Waals surface area contributed by atoms with Gasteiger partial charge in [0, 0.05) is 55.8 Å². The predicted molar refractivity (Wildman–Crippen MR) is 116 cm³/mol. The average molecular weight is 398 g/mol. The molecule has 0 radical (unpaired) electrons. The van der Waals surface area contributed by atoms with E-state index in [0.29, 0.717) is 19.6 Å². The van der Waals surface area contributed by atoms with E-state index in [4.69, 9.17) is 0 Å². The molecule has 150 valence electrons. The Bertz CT molecular complexity index is 1150. The zero-order valence-electron chi connectivity index (χ0n) is 16.6. The molecule has 1 fully saturated rings. The maximum absolute atomic E-state index is 12.8. The second-order valence-electron chi connectivity index (χ2n) is 7.39. The van der Waals surface area contributed by atoms with Crippen LogP contribution in [0.15, 0.2) is 73.2 Å². The second kappa shape index (κ2) is 7.94. The van der Waals surface area contributed by atoms with Gasteiger partial charge >= 0.3 is 0 Å². The molecule has 5 rings (SSSR count). The van der Waals surface area contributed by atoms with E-state index in [1.807, 2.05) is 64.2 Å². The maximum Gasteiger partial charge on any atom is 0.242 e. The summed E-state index contributed by atoms with van der Waals surface area (Å²) >= 11 is 0. The van der Waals surface area contributed by atoms with Gasteiger partial charge in [0.1, 0.15) is 6.54 Å². The maximum atomic E-state index is 12.8. The fourth-order valence-electron chi connectivity index (χ4n) is 3.87. The number of carbonyl (C=O) groups is 1. The van der Waals surface area contributed by atoms with Gasteiger partial charge in [-0.25, -0.2) is 0 Å². The monoisotopic (exact) mass is 398 g/mol. The van der Waals surface area contributed by atoms with Crippen molar-refractivity contribution >= 4 is 22.6 Å². The molecule has 0 unspecified atom stereocenters. The highest BCUT2D eigenvalue weighted by atomic mass is 16.2. The van der Waals surface area contributed by atoms with Gasteiger partial charge in [-0.2, -0.15) is 0 Å². The third-order valence-corrected chi connectivity index (χ3v) is 5.55. The molecule has 4 aromatic rings.